The van der Waals surface area contributed by atoms with Gasteiger partial charge in [-0.05, 0) is 101 Å². The summed E-state index contributed by atoms with van der Waals surface area (Å²) in [6.45, 7) is 20.9. The van der Waals surface area contributed by atoms with Crippen molar-refractivity contribution in [3.8, 4) is 0 Å². The molecule has 0 aromatic rings. The molecule has 14 nitrogen and oxygen atoms in total. The number of cyclic esters (lactones) is 1. The Morgan fingerprint density at radius 3 is 2.11 bits per heavy atom. The number of ether oxygens (including phenoxy) is 6. The van der Waals surface area contributed by atoms with Crippen molar-refractivity contribution in [3.63, 3.8) is 0 Å². The van der Waals surface area contributed by atoms with Crippen molar-refractivity contribution >= 4 is 5.97 Å². The zero-order valence-corrected chi connectivity index (χ0v) is 35.6. The van der Waals surface area contributed by atoms with E-state index >= 15 is 0 Å². The van der Waals surface area contributed by atoms with Crippen molar-refractivity contribution < 1.29 is 58.7 Å². The molecule has 18 atom stereocenters. The molecule has 0 radical (unpaired) electrons. The highest BCUT2D eigenvalue weighted by atomic mass is 16.7. The van der Waals surface area contributed by atoms with Crippen LogP contribution < -0.4 is 0 Å². The fourth-order valence-corrected chi connectivity index (χ4v) is 9.13. The highest BCUT2D eigenvalue weighted by Gasteiger charge is 2.52. The Labute approximate surface area is 324 Å². The van der Waals surface area contributed by atoms with Gasteiger partial charge in [0.1, 0.15) is 23.9 Å². The molecule has 0 amide bonds. The lowest BCUT2D eigenvalue weighted by atomic mass is 9.78. The molecule has 3 saturated heterocycles. The van der Waals surface area contributed by atoms with Gasteiger partial charge in [-0.25, -0.2) is 0 Å². The van der Waals surface area contributed by atoms with Crippen LogP contribution in [0.25, 0.3) is 0 Å². The smallest absolute Gasteiger partial charge is 0.311 e. The number of hydrogen-bond acceptors (Lipinski definition) is 14. The minimum absolute atomic E-state index is 0.133. The lowest BCUT2D eigenvalue weighted by Gasteiger charge is -2.49. The van der Waals surface area contributed by atoms with Gasteiger partial charge in [0.2, 0.25) is 0 Å². The summed E-state index contributed by atoms with van der Waals surface area (Å²) in [5, 5.41) is 58.7. The monoisotopic (exact) mass is 777 g/mol. The molecule has 3 aliphatic rings. The maximum atomic E-state index is 14.3. The van der Waals surface area contributed by atoms with E-state index in [4.69, 9.17) is 28.4 Å². The lowest BCUT2D eigenvalue weighted by Crippen LogP contribution is -2.61. The van der Waals surface area contributed by atoms with Crippen LogP contribution in [0.2, 0.25) is 0 Å². The van der Waals surface area contributed by atoms with Crippen molar-refractivity contribution in [2.75, 3.05) is 34.3 Å². The molecule has 0 unspecified atom stereocenters. The van der Waals surface area contributed by atoms with Gasteiger partial charge in [-0.3, -0.25) is 4.79 Å². The minimum atomic E-state index is -1.78. The Kier molecular flexibility index (Phi) is 16.8. The summed E-state index contributed by atoms with van der Waals surface area (Å²) in [5.41, 5.74) is -4.38. The number of methoxy groups -OCH3 is 1. The van der Waals surface area contributed by atoms with Crippen LogP contribution in [-0.4, -0.2) is 166 Å². The highest BCUT2D eigenvalue weighted by molar-refractivity contribution is 5.73. The van der Waals surface area contributed by atoms with Crippen LogP contribution in [0.15, 0.2) is 0 Å². The summed E-state index contributed by atoms with van der Waals surface area (Å²) in [6, 6.07) is -0.500. The summed E-state index contributed by atoms with van der Waals surface area (Å²) >= 11 is 0. The zero-order valence-electron chi connectivity index (χ0n) is 35.6. The quantitative estimate of drug-likeness (QED) is 0.216. The lowest BCUT2D eigenvalue weighted by molar-refractivity contribution is -0.318. The van der Waals surface area contributed by atoms with Crippen molar-refractivity contribution in [1.82, 2.24) is 9.80 Å². The van der Waals surface area contributed by atoms with E-state index in [1.807, 2.05) is 46.7 Å². The summed E-state index contributed by atoms with van der Waals surface area (Å²) in [4.78, 5) is 18.4. The summed E-state index contributed by atoms with van der Waals surface area (Å²) < 4.78 is 37.8. The first-order valence-electron chi connectivity index (χ1n) is 20.2. The predicted octanol–water partition coefficient (Wildman–Crippen LogP) is 2.68. The van der Waals surface area contributed by atoms with Gasteiger partial charge in [-0.2, -0.15) is 0 Å². The van der Waals surface area contributed by atoms with Crippen molar-refractivity contribution in [1.29, 1.82) is 0 Å². The fraction of sp³-hybridized carbons (Fsp3) is 0.975. The second kappa shape index (κ2) is 19.2. The molecule has 0 bridgehead atoms. The van der Waals surface area contributed by atoms with E-state index < -0.39 is 95.8 Å². The molecule has 318 valence electrons. The van der Waals surface area contributed by atoms with E-state index in [9.17, 15) is 30.3 Å². The van der Waals surface area contributed by atoms with Crippen LogP contribution in [0.1, 0.15) is 108 Å². The fourth-order valence-electron chi connectivity index (χ4n) is 9.13. The Hall–Kier alpha value is -1.01. The molecule has 0 spiro atoms. The molecule has 14 heteroatoms. The molecule has 5 N–H and O–H groups in total. The molecule has 3 heterocycles. The Bertz CT molecular complexity index is 1180. The number of carbonyl (C=O) groups is 1. The third-order valence-corrected chi connectivity index (χ3v) is 12.6. The standard InChI is InChI=1S/C40H76N2O12/c1-15-17-42-21-22(3)33(44)40(11,48)29(16-2)52-36(46)26(7)32(53-30-20-39(10,49-14)34(45)27(8)51-30)25(6)35(38(9,47)19-23(42)4)54-37-31(43)28(41(12)13)18-24(5)50-37/h22-35,37,43-45,47-48H,15-21H2,1-14H3/t22-,23+,24+,25+,26+,27-,28-,29+,30-,31+,32-,33+,34-,35+,37-,38+,39+,40+/m0/s1. The highest BCUT2D eigenvalue weighted by Crippen LogP contribution is 2.40. The molecule has 0 saturated carbocycles. The number of aliphatic hydroxyl groups is 5. The summed E-state index contributed by atoms with van der Waals surface area (Å²) in [6.07, 6.45) is -7.37. The summed E-state index contributed by atoms with van der Waals surface area (Å²) in [7, 11) is 5.29. The molecule has 3 aliphatic heterocycles. The predicted molar refractivity (Wildman–Crippen MR) is 203 cm³/mol. The van der Waals surface area contributed by atoms with Gasteiger partial charge in [-0.1, -0.05) is 27.7 Å². The van der Waals surface area contributed by atoms with Gasteiger partial charge in [0, 0.05) is 38.1 Å². The second-order valence-electron chi connectivity index (χ2n) is 17.7. The number of carbonyl (C=O) groups excluding carboxylic acids is 1. The molecular formula is C40H76N2O12. The topological polar surface area (TPSA) is 180 Å². The average Bonchev–Trinajstić information content (AvgIpc) is 3.09. The van der Waals surface area contributed by atoms with Gasteiger partial charge in [0.25, 0.3) is 0 Å². The minimum Gasteiger partial charge on any atom is -0.459 e. The first-order chi connectivity index (χ1) is 24.9. The van der Waals surface area contributed by atoms with Crippen LogP contribution in [0.3, 0.4) is 0 Å². The Morgan fingerprint density at radius 1 is 0.926 bits per heavy atom. The number of aliphatic hydroxyl groups excluding tert-OH is 3. The normalized spacial score (nSPS) is 48.2. The van der Waals surface area contributed by atoms with E-state index in [2.05, 4.69) is 11.8 Å². The van der Waals surface area contributed by atoms with Gasteiger partial charge in [0.15, 0.2) is 12.6 Å². The molecule has 54 heavy (non-hydrogen) atoms. The van der Waals surface area contributed by atoms with Crippen LogP contribution >= 0.6 is 0 Å². The molecule has 3 fully saturated rings. The molecule has 0 aromatic heterocycles. The van der Waals surface area contributed by atoms with E-state index in [1.165, 1.54) is 14.0 Å². The average molecular weight is 777 g/mol. The first-order valence-corrected chi connectivity index (χ1v) is 20.2. The van der Waals surface area contributed by atoms with E-state index in [0.717, 1.165) is 6.42 Å². The Balaban J connectivity index is 2.22. The van der Waals surface area contributed by atoms with E-state index in [1.54, 1.807) is 34.6 Å². The third-order valence-electron chi connectivity index (χ3n) is 12.6. The SMILES string of the molecule is CCCN1C[C@H](C)[C@@H](O)[C@](C)(O)[C@@H](CC)OC(=O)[C@H](C)[C@@H](O[C@H]2C[C@@](C)(OC)[C@@H](O)[C@H](C)O2)[C@@H](C)[C@@H](O[C@@H]2O[C@H](C)C[C@H](N(C)C)[C@H]2O)[C@](C)(O)C[C@H]1C. The molecule has 0 aliphatic carbocycles. The first kappa shape index (κ1) is 47.4. The Morgan fingerprint density at radius 2 is 1.56 bits per heavy atom. The number of nitrogens with zero attached hydrogens (tertiary/aromatic N) is 2. The molecular weight excluding hydrogens is 700 g/mol. The van der Waals surface area contributed by atoms with E-state index in [-0.39, 0.29) is 37.5 Å². The maximum absolute atomic E-state index is 14.3. The van der Waals surface area contributed by atoms with Gasteiger partial charge >= 0.3 is 5.97 Å². The summed E-state index contributed by atoms with van der Waals surface area (Å²) in [5.74, 6) is -2.87. The number of likely N-dealkylation sites (N-methyl/N-ethyl adjacent to an activating group) is 1. The number of hydrogen-bond donors (Lipinski definition) is 5. The van der Waals surface area contributed by atoms with Crippen molar-refractivity contribution in [2.45, 2.75) is 199 Å². The molecule has 3 rings (SSSR count). The van der Waals surface area contributed by atoms with Crippen LogP contribution in [-0.2, 0) is 33.2 Å². The van der Waals surface area contributed by atoms with Gasteiger partial charge in [0.05, 0.1) is 47.6 Å². The largest absolute Gasteiger partial charge is 0.459 e. The van der Waals surface area contributed by atoms with Crippen LogP contribution in [0, 0.1) is 17.8 Å². The zero-order chi connectivity index (χ0) is 41.1. The van der Waals surface area contributed by atoms with Crippen LogP contribution in [0.5, 0.6) is 0 Å². The number of rotatable bonds is 9. The van der Waals surface area contributed by atoms with Crippen molar-refractivity contribution in [3.05, 3.63) is 0 Å². The van der Waals surface area contributed by atoms with Crippen LogP contribution in [0.4, 0.5) is 0 Å². The third kappa shape index (κ3) is 10.7. The van der Waals surface area contributed by atoms with E-state index in [0.29, 0.717) is 19.5 Å². The second-order valence-corrected chi connectivity index (χ2v) is 17.7. The molecule has 0 aromatic carbocycles. The van der Waals surface area contributed by atoms with Gasteiger partial charge in [-0.15, -0.1) is 0 Å². The van der Waals surface area contributed by atoms with Crippen molar-refractivity contribution in [2.24, 2.45) is 17.8 Å². The van der Waals surface area contributed by atoms with Gasteiger partial charge < -0.3 is 63.8 Å². The maximum Gasteiger partial charge on any atom is 0.311 e. The number of esters is 1.